The van der Waals surface area contributed by atoms with Gasteiger partial charge in [-0.25, -0.2) is 0 Å². The Morgan fingerprint density at radius 1 is 1.39 bits per heavy atom. The molecule has 100 valence electrons. The van der Waals surface area contributed by atoms with Gasteiger partial charge < -0.3 is 9.84 Å². The predicted molar refractivity (Wildman–Crippen MR) is 70.7 cm³/mol. The van der Waals surface area contributed by atoms with Gasteiger partial charge in [0, 0.05) is 18.2 Å². The summed E-state index contributed by atoms with van der Waals surface area (Å²) in [6.45, 7) is 4.32. The van der Waals surface area contributed by atoms with Crippen molar-refractivity contribution in [3.63, 3.8) is 0 Å². The number of nitrogens with zero attached hydrogens (tertiary/aromatic N) is 1. The zero-order valence-corrected chi connectivity index (χ0v) is 11.4. The van der Waals surface area contributed by atoms with Gasteiger partial charge >= 0.3 is 5.97 Å². The molecule has 1 aromatic rings. The van der Waals surface area contributed by atoms with Crippen LogP contribution in [0.4, 0.5) is 0 Å². The molecule has 1 aromatic carbocycles. The molecule has 4 heteroatoms. The summed E-state index contributed by atoms with van der Waals surface area (Å²) in [6, 6.07) is 7.75. The maximum atomic E-state index is 11.0. The van der Waals surface area contributed by atoms with E-state index in [-0.39, 0.29) is 6.04 Å². The lowest BCUT2D eigenvalue weighted by Crippen LogP contribution is -2.37. The number of carboxylic acid groups (broad SMARTS) is 1. The number of carboxylic acids is 1. The highest BCUT2D eigenvalue weighted by Gasteiger charge is 2.23. The summed E-state index contributed by atoms with van der Waals surface area (Å²) >= 11 is 0. The van der Waals surface area contributed by atoms with Crippen LogP contribution in [-0.4, -0.2) is 36.2 Å². The lowest BCUT2D eigenvalue weighted by atomic mass is 10.0. The molecular formula is C14H21NO3. The van der Waals surface area contributed by atoms with E-state index in [2.05, 4.69) is 0 Å². The van der Waals surface area contributed by atoms with Crippen molar-refractivity contribution in [3.8, 4) is 5.75 Å². The third kappa shape index (κ3) is 3.47. The quantitative estimate of drug-likeness (QED) is 0.842. The highest BCUT2D eigenvalue weighted by Crippen LogP contribution is 2.21. The van der Waals surface area contributed by atoms with Crippen molar-refractivity contribution in [2.75, 3.05) is 14.2 Å². The van der Waals surface area contributed by atoms with Gasteiger partial charge in [-0.3, -0.25) is 9.69 Å². The van der Waals surface area contributed by atoms with Crippen LogP contribution in [0.2, 0.25) is 0 Å². The van der Waals surface area contributed by atoms with E-state index in [1.54, 1.807) is 14.0 Å². The smallest absolute Gasteiger partial charge is 0.307 e. The molecule has 0 aromatic heterocycles. The molecule has 0 aliphatic carbocycles. The van der Waals surface area contributed by atoms with Gasteiger partial charge in [0.05, 0.1) is 13.0 Å². The maximum absolute atomic E-state index is 11.0. The molecule has 0 saturated heterocycles. The van der Waals surface area contributed by atoms with Gasteiger partial charge in [-0.15, -0.1) is 0 Å². The minimum atomic E-state index is -0.769. The van der Waals surface area contributed by atoms with E-state index in [0.29, 0.717) is 6.54 Å². The number of methoxy groups -OCH3 is 1. The average molecular weight is 251 g/mol. The van der Waals surface area contributed by atoms with E-state index in [4.69, 9.17) is 9.84 Å². The number of aliphatic carboxylic acids is 1. The first-order valence-electron chi connectivity index (χ1n) is 6.02. The van der Waals surface area contributed by atoms with Crippen molar-refractivity contribution in [2.24, 2.45) is 5.92 Å². The Morgan fingerprint density at radius 3 is 2.56 bits per heavy atom. The van der Waals surface area contributed by atoms with Gasteiger partial charge in [0.25, 0.3) is 0 Å². The van der Waals surface area contributed by atoms with Gasteiger partial charge in [-0.2, -0.15) is 0 Å². The van der Waals surface area contributed by atoms with Gasteiger partial charge in [0.2, 0.25) is 0 Å². The summed E-state index contributed by atoms with van der Waals surface area (Å²) in [4.78, 5) is 13.0. The minimum absolute atomic E-state index is 0.0348. The number of benzene rings is 1. The number of carbonyl (C=O) groups is 1. The molecule has 2 unspecified atom stereocenters. The highest BCUT2D eigenvalue weighted by molar-refractivity contribution is 5.70. The second-order valence-corrected chi connectivity index (χ2v) is 4.59. The number of rotatable bonds is 6. The molecule has 1 N–H and O–H groups in total. The maximum Gasteiger partial charge on any atom is 0.307 e. The Hall–Kier alpha value is -1.55. The first-order chi connectivity index (χ1) is 8.47. The second kappa shape index (κ2) is 6.40. The van der Waals surface area contributed by atoms with Gasteiger partial charge in [0.15, 0.2) is 0 Å². The van der Waals surface area contributed by atoms with Crippen LogP contribution < -0.4 is 4.74 Å². The van der Waals surface area contributed by atoms with Crippen LogP contribution in [0.15, 0.2) is 24.3 Å². The van der Waals surface area contributed by atoms with Crippen molar-refractivity contribution in [2.45, 2.75) is 26.4 Å². The van der Waals surface area contributed by atoms with E-state index in [9.17, 15) is 4.79 Å². The molecule has 4 nitrogen and oxygen atoms in total. The molecule has 0 spiro atoms. The Kier molecular flexibility index (Phi) is 5.16. The number of hydrogen-bond donors (Lipinski definition) is 1. The Balaban J connectivity index is 2.75. The van der Waals surface area contributed by atoms with E-state index in [1.807, 2.05) is 43.1 Å². The average Bonchev–Trinajstić information content (AvgIpc) is 2.37. The topological polar surface area (TPSA) is 49.8 Å². The van der Waals surface area contributed by atoms with Crippen LogP contribution in [0.25, 0.3) is 0 Å². The van der Waals surface area contributed by atoms with E-state index < -0.39 is 11.9 Å². The number of ether oxygens (including phenoxy) is 1. The van der Waals surface area contributed by atoms with Gasteiger partial charge in [0.1, 0.15) is 5.75 Å². The van der Waals surface area contributed by atoms with E-state index in [0.717, 1.165) is 11.3 Å². The monoisotopic (exact) mass is 251 g/mol. The summed E-state index contributed by atoms with van der Waals surface area (Å²) in [5.41, 5.74) is 1.06. The lowest BCUT2D eigenvalue weighted by Gasteiger charge is -2.28. The standard InChI is InChI=1S/C14H21NO3/c1-10(14(16)17)11(2)15(3)9-12-7-5-6-8-13(12)18-4/h5-8,10-11H,9H2,1-4H3,(H,16,17). The second-order valence-electron chi connectivity index (χ2n) is 4.59. The third-order valence-corrected chi connectivity index (χ3v) is 3.42. The molecule has 0 bridgehead atoms. The first-order valence-corrected chi connectivity index (χ1v) is 6.02. The summed E-state index contributed by atoms with van der Waals surface area (Å²) in [5.74, 6) is -0.335. The molecule has 0 amide bonds. The van der Waals surface area contributed by atoms with Crippen LogP contribution in [0.3, 0.4) is 0 Å². The summed E-state index contributed by atoms with van der Waals surface area (Å²) in [7, 11) is 3.57. The fourth-order valence-corrected chi connectivity index (χ4v) is 1.83. The molecule has 0 aliphatic heterocycles. The Morgan fingerprint density at radius 2 is 2.00 bits per heavy atom. The van der Waals surface area contributed by atoms with Crippen molar-refractivity contribution in [1.29, 1.82) is 0 Å². The Bertz CT molecular complexity index is 406. The predicted octanol–water partition coefficient (Wildman–Crippen LogP) is 2.24. The van der Waals surface area contributed by atoms with E-state index in [1.165, 1.54) is 0 Å². The fourth-order valence-electron chi connectivity index (χ4n) is 1.83. The lowest BCUT2D eigenvalue weighted by molar-refractivity contribution is -0.143. The molecule has 2 atom stereocenters. The van der Waals surface area contributed by atoms with Gasteiger partial charge in [-0.1, -0.05) is 25.1 Å². The van der Waals surface area contributed by atoms with Crippen LogP contribution in [0.1, 0.15) is 19.4 Å². The van der Waals surface area contributed by atoms with Crippen molar-refractivity contribution in [3.05, 3.63) is 29.8 Å². The summed E-state index contributed by atoms with van der Waals surface area (Å²) in [5, 5.41) is 9.02. The number of hydrogen-bond acceptors (Lipinski definition) is 3. The van der Waals surface area contributed by atoms with Crippen LogP contribution >= 0.6 is 0 Å². The minimum Gasteiger partial charge on any atom is -0.496 e. The zero-order chi connectivity index (χ0) is 13.7. The molecule has 18 heavy (non-hydrogen) atoms. The molecule has 0 heterocycles. The molecule has 0 saturated carbocycles. The summed E-state index contributed by atoms with van der Waals surface area (Å²) in [6.07, 6.45) is 0. The fraction of sp³-hybridized carbons (Fsp3) is 0.500. The largest absolute Gasteiger partial charge is 0.496 e. The van der Waals surface area contributed by atoms with E-state index >= 15 is 0 Å². The molecule has 0 radical (unpaired) electrons. The Labute approximate surface area is 108 Å². The van der Waals surface area contributed by atoms with Crippen molar-refractivity contribution < 1.29 is 14.6 Å². The van der Waals surface area contributed by atoms with Gasteiger partial charge in [-0.05, 0) is 20.0 Å². The number of para-hydroxylation sites is 1. The molecule has 0 fully saturated rings. The van der Waals surface area contributed by atoms with Crippen LogP contribution in [0, 0.1) is 5.92 Å². The first kappa shape index (κ1) is 14.5. The van der Waals surface area contributed by atoms with Crippen LogP contribution in [-0.2, 0) is 11.3 Å². The SMILES string of the molecule is COc1ccccc1CN(C)C(C)C(C)C(=O)O. The molecule has 1 rings (SSSR count). The highest BCUT2D eigenvalue weighted by atomic mass is 16.5. The van der Waals surface area contributed by atoms with Crippen LogP contribution in [0.5, 0.6) is 5.75 Å². The van der Waals surface area contributed by atoms with Crippen molar-refractivity contribution in [1.82, 2.24) is 4.90 Å². The molecular weight excluding hydrogens is 230 g/mol. The third-order valence-electron chi connectivity index (χ3n) is 3.42. The summed E-state index contributed by atoms with van der Waals surface area (Å²) < 4.78 is 5.29. The zero-order valence-electron chi connectivity index (χ0n) is 11.4. The normalized spacial score (nSPS) is 14.3. The molecule has 0 aliphatic rings. The van der Waals surface area contributed by atoms with Crippen molar-refractivity contribution >= 4 is 5.97 Å².